The van der Waals surface area contributed by atoms with Crippen LogP contribution in [-0.4, -0.2) is 23.6 Å². The second-order valence-electron chi connectivity index (χ2n) is 3.15. The van der Waals surface area contributed by atoms with E-state index >= 15 is 0 Å². The van der Waals surface area contributed by atoms with Gasteiger partial charge in [0.2, 0.25) is 0 Å². The normalized spacial score (nSPS) is 23.3. The lowest BCUT2D eigenvalue weighted by Gasteiger charge is -2.13. The minimum atomic E-state index is -0.367. The van der Waals surface area contributed by atoms with Crippen molar-refractivity contribution in [3.63, 3.8) is 0 Å². The average molecular weight is 222 g/mol. The van der Waals surface area contributed by atoms with Crippen LogP contribution in [0.1, 0.15) is 6.92 Å². The van der Waals surface area contributed by atoms with E-state index < -0.39 is 0 Å². The van der Waals surface area contributed by atoms with Gasteiger partial charge < -0.3 is 4.74 Å². The highest BCUT2D eigenvalue weighted by atomic mass is 32.2. The molecule has 0 saturated heterocycles. The third-order valence-corrected chi connectivity index (χ3v) is 3.30. The van der Waals surface area contributed by atoms with Crippen LogP contribution in [0.15, 0.2) is 34.8 Å². The molecule has 0 fully saturated rings. The average Bonchev–Trinajstić information content (AvgIpc) is 2.63. The van der Waals surface area contributed by atoms with E-state index in [1.807, 2.05) is 0 Å². The van der Waals surface area contributed by atoms with Gasteiger partial charge in [-0.1, -0.05) is 12.2 Å². The van der Waals surface area contributed by atoms with Gasteiger partial charge in [0.15, 0.2) is 5.78 Å². The third-order valence-electron chi connectivity index (χ3n) is 2.20. The Balaban J connectivity index is 2.21. The van der Waals surface area contributed by atoms with E-state index in [1.165, 1.54) is 17.8 Å². The van der Waals surface area contributed by atoms with Crippen LogP contribution in [0.2, 0.25) is 0 Å². The molecule has 78 valence electrons. The third kappa shape index (κ3) is 1.77. The Morgan fingerprint density at radius 3 is 3.13 bits per heavy atom. The molecule has 4 heteroatoms. The number of thioether (sulfide) groups is 1. The summed E-state index contributed by atoms with van der Waals surface area (Å²) in [5.74, 6) is -0.310. The van der Waals surface area contributed by atoms with Crippen molar-refractivity contribution in [2.24, 2.45) is 0 Å². The Kier molecular flexibility index (Phi) is 2.77. The summed E-state index contributed by atoms with van der Waals surface area (Å²) in [6.45, 7) is 2.13. The molecule has 1 aliphatic carbocycles. The predicted molar refractivity (Wildman–Crippen MR) is 58.3 cm³/mol. The van der Waals surface area contributed by atoms with Crippen LogP contribution in [0.5, 0.6) is 0 Å². The van der Waals surface area contributed by atoms with Gasteiger partial charge in [-0.2, -0.15) is 0 Å². The molecule has 2 aliphatic rings. The number of hydrogen-bond acceptors (Lipinski definition) is 4. The van der Waals surface area contributed by atoms with Crippen LogP contribution in [0, 0.1) is 0 Å². The molecule has 15 heavy (non-hydrogen) atoms. The van der Waals surface area contributed by atoms with Crippen LogP contribution < -0.4 is 0 Å². The van der Waals surface area contributed by atoms with Crippen molar-refractivity contribution < 1.29 is 14.3 Å². The quantitative estimate of drug-likeness (QED) is 0.666. The molecule has 0 bridgehead atoms. The van der Waals surface area contributed by atoms with E-state index in [1.54, 1.807) is 24.5 Å². The number of esters is 1. The first-order chi connectivity index (χ1) is 7.24. The summed E-state index contributed by atoms with van der Waals surface area (Å²) in [6.07, 6.45) is 4.98. The largest absolute Gasteiger partial charge is 0.465 e. The number of allylic oxidation sites excluding steroid dienone is 4. The molecule has 1 aliphatic heterocycles. The second-order valence-corrected chi connectivity index (χ2v) is 4.12. The Morgan fingerprint density at radius 2 is 2.40 bits per heavy atom. The van der Waals surface area contributed by atoms with Crippen molar-refractivity contribution in [1.82, 2.24) is 0 Å². The summed E-state index contributed by atoms with van der Waals surface area (Å²) < 4.78 is 4.94. The molecular weight excluding hydrogens is 212 g/mol. The molecule has 0 aromatic heterocycles. The van der Waals surface area contributed by atoms with Gasteiger partial charge in [0.25, 0.3) is 0 Å². The minimum absolute atomic E-state index is 0.0354. The lowest BCUT2D eigenvalue weighted by molar-refractivity contribution is -0.141. The Hall–Kier alpha value is -1.29. The predicted octanol–water partition coefficient (Wildman–Crippen LogP) is 1.61. The fourth-order valence-corrected chi connectivity index (χ4v) is 2.58. The topological polar surface area (TPSA) is 43.4 Å². The SMILES string of the molecule is CCOC(=O)C1SC=C2C(=O)C=CC=C21. The molecule has 1 unspecified atom stereocenters. The van der Waals surface area contributed by atoms with E-state index in [4.69, 9.17) is 4.74 Å². The van der Waals surface area contributed by atoms with Gasteiger partial charge in [0.05, 0.1) is 6.61 Å². The fourth-order valence-electron chi connectivity index (χ4n) is 1.53. The number of ketones is 1. The van der Waals surface area contributed by atoms with Crippen molar-refractivity contribution >= 4 is 23.5 Å². The summed E-state index contributed by atoms with van der Waals surface area (Å²) >= 11 is 1.33. The minimum Gasteiger partial charge on any atom is -0.465 e. The van der Waals surface area contributed by atoms with E-state index in [9.17, 15) is 9.59 Å². The Labute approximate surface area is 91.9 Å². The molecule has 0 N–H and O–H groups in total. The highest BCUT2D eigenvalue weighted by Gasteiger charge is 2.34. The Bertz CT molecular complexity index is 404. The number of rotatable bonds is 2. The molecule has 0 spiro atoms. The first-order valence-corrected chi connectivity index (χ1v) is 5.63. The van der Waals surface area contributed by atoms with E-state index in [2.05, 4.69) is 0 Å². The van der Waals surface area contributed by atoms with E-state index in [-0.39, 0.29) is 17.0 Å². The van der Waals surface area contributed by atoms with Gasteiger partial charge in [0.1, 0.15) is 5.25 Å². The van der Waals surface area contributed by atoms with Crippen LogP contribution in [0.3, 0.4) is 0 Å². The molecule has 1 heterocycles. The van der Waals surface area contributed by atoms with Crippen LogP contribution in [0.25, 0.3) is 0 Å². The second kappa shape index (κ2) is 4.06. The Morgan fingerprint density at radius 1 is 1.60 bits per heavy atom. The first kappa shape index (κ1) is 10.2. The zero-order valence-electron chi connectivity index (χ0n) is 8.23. The fraction of sp³-hybridized carbons (Fsp3) is 0.273. The van der Waals surface area contributed by atoms with Gasteiger partial charge in [0, 0.05) is 5.57 Å². The summed E-state index contributed by atoms with van der Waals surface area (Å²) in [4.78, 5) is 23.0. The van der Waals surface area contributed by atoms with Crippen LogP contribution >= 0.6 is 11.8 Å². The lowest BCUT2D eigenvalue weighted by Crippen LogP contribution is -2.22. The zero-order chi connectivity index (χ0) is 10.8. The molecule has 0 amide bonds. The molecule has 0 saturated carbocycles. The number of fused-ring (bicyclic) bond motifs is 1. The van der Waals surface area contributed by atoms with Gasteiger partial charge in [-0.25, -0.2) is 0 Å². The van der Waals surface area contributed by atoms with Crippen molar-refractivity contribution in [3.05, 3.63) is 34.8 Å². The number of ether oxygens (including phenoxy) is 1. The summed E-state index contributed by atoms with van der Waals surface area (Å²) in [5, 5.41) is 1.37. The summed E-state index contributed by atoms with van der Waals surface area (Å²) in [6, 6.07) is 0. The first-order valence-electron chi connectivity index (χ1n) is 4.69. The summed E-state index contributed by atoms with van der Waals surface area (Å²) in [7, 11) is 0. The van der Waals surface area contributed by atoms with E-state index in [0.29, 0.717) is 12.2 Å². The number of hydrogen-bond donors (Lipinski definition) is 0. The van der Waals surface area contributed by atoms with E-state index in [0.717, 1.165) is 5.57 Å². The van der Waals surface area contributed by atoms with Crippen molar-refractivity contribution in [3.8, 4) is 0 Å². The van der Waals surface area contributed by atoms with Gasteiger partial charge in [-0.15, -0.1) is 11.8 Å². The molecule has 0 radical (unpaired) electrons. The van der Waals surface area contributed by atoms with Crippen molar-refractivity contribution in [1.29, 1.82) is 0 Å². The van der Waals surface area contributed by atoms with Crippen molar-refractivity contribution in [2.75, 3.05) is 6.61 Å². The molecule has 0 aromatic carbocycles. The molecule has 0 aromatic rings. The maximum Gasteiger partial charge on any atom is 0.323 e. The van der Waals surface area contributed by atoms with Crippen molar-refractivity contribution in [2.45, 2.75) is 12.2 Å². The highest BCUT2D eigenvalue weighted by Crippen LogP contribution is 2.38. The van der Waals surface area contributed by atoms with Crippen LogP contribution in [0.4, 0.5) is 0 Å². The standard InChI is InChI=1S/C11H10O3S/c1-2-14-11(13)10-7-4-3-5-9(12)8(7)6-15-10/h3-6,10H,2H2,1H3. The maximum atomic E-state index is 11.6. The van der Waals surface area contributed by atoms with Gasteiger partial charge in [-0.3, -0.25) is 9.59 Å². The lowest BCUT2D eigenvalue weighted by atomic mass is 9.96. The van der Waals surface area contributed by atoms with Gasteiger partial charge in [-0.05, 0) is 24.0 Å². The highest BCUT2D eigenvalue weighted by molar-refractivity contribution is 8.04. The molecule has 3 nitrogen and oxygen atoms in total. The smallest absolute Gasteiger partial charge is 0.323 e. The summed E-state index contributed by atoms with van der Waals surface area (Å²) in [5.41, 5.74) is 1.39. The number of carbonyl (C=O) groups is 2. The molecular formula is C11H10O3S. The maximum absolute atomic E-state index is 11.6. The van der Waals surface area contributed by atoms with Gasteiger partial charge >= 0.3 is 5.97 Å². The molecule has 1 atom stereocenters. The number of carbonyl (C=O) groups excluding carboxylic acids is 2. The molecule has 2 rings (SSSR count). The van der Waals surface area contributed by atoms with Crippen LogP contribution in [-0.2, 0) is 14.3 Å². The monoisotopic (exact) mass is 222 g/mol. The zero-order valence-corrected chi connectivity index (χ0v) is 9.04.